The van der Waals surface area contributed by atoms with Gasteiger partial charge in [0.15, 0.2) is 0 Å². The molecule has 1 aliphatic rings. The quantitative estimate of drug-likeness (QED) is 0.906. The molecular formula is C18H26N2O3. The highest BCUT2D eigenvalue weighted by molar-refractivity contribution is 5.87. The molecule has 23 heavy (non-hydrogen) atoms. The highest BCUT2D eigenvalue weighted by Gasteiger charge is 2.25. The van der Waals surface area contributed by atoms with Gasteiger partial charge in [-0.05, 0) is 51.4 Å². The van der Waals surface area contributed by atoms with Crippen molar-refractivity contribution < 1.29 is 14.7 Å². The Balaban J connectivity index is 2.00. The molecule has 5 heteroatoms. The van der Waals surface area contributed by atoms with Gasteiger partial charge < -0.3 is 10.0 Å². The van der Waals surface area contributed by atoms with Crippen LogP contribution in [-0.2, 0) is 4.79 Å². The minimum atomic E-state index is -0.909. The number of aromatic carboxylic acids is 1. The molecule has 0 bridgehead atoms. The normalized spacial score (nSPS) is 18.5. The first-order valence-corrected chi connectivity index (χ1v) is 8.19. The van der Waals surface area contributed by atoms with Crippen LogP contribution in [-0.4, -0.2) is 59.5 Å². The number of amides is 1. The highest BCUT2D eigenvalue weighted by Crippen LogP contribution is 2.27. The second-order valence-electron chi connectivity index (χ2n) is 6.61. The van der Waals surface area contributed by atoms with Gasteiger partial charge in [0.25, 0.3) is 0 Å². The van der Waals surface area contributed by atoms with Crippen molar-refractivity contribution in [2.75, 3.05) is 26.7 Å². The standard InChI is InChI=1S/C18H26N2O3/c1-13(2)19(3)12-17(21)20-10-4-5-16(11-20)14-6-8-15(9-7-14)18(22)23/h6-9,13,16H,4-5,10-12H2,1-3H3,(H,22,23)/t16-/m0/s1. The minimum absolute atomic E-state index is 0.174. The second kappa shape index (κ2) is 7.59. The van der Waals surface area contributed by atoms with E-state index in [1.165, 1.54) is 0 Å². The van der Waals surface area contributed by atoms with Crippen LogP contribution < -0.4 is 0 Å². The number of carboxylic acid groups (broad SMARTS) is 1. The van der Waals surface area contributed by atoms with Crippen LogP contribution in [0.5, 0.6) is 0 Å². The predicted molar refractivity (Wildman–Crippen MR) is 89.7 cm³/mol. The van der Waals surface area contributed by atoms with Gasteiger partial charge in [-0.2, -0.15) is 0 Å². The average molecular weight is 318 g/mol. The third-order valence-corrected chi connectivity index (χ3v) is 4.67. The van der Waals surface area contributed by atoms with Crippen molar-refractivity contribution in [3.8, 4) is 0 Å². The highest BCUT2D eigenvalue weighted by atomic mass is 16.4. The van der Waals surface area contributed by atoms with Crippen LogP contribution in [0.2, 0.25) is 0 Å². The number of carboxylic acids is 1. The van der Waals surface area contributed by atoms with E-state index in [2.05, 4.69) is 13.8 Å². The van der Waals surface area contributed by atoms with E-state index in [4.69, 9.17) is 5.11 Å². The second-order valence-corrected chi connectivity index (χ2v) is 6.61. The molecule has 0 spiro atoms. The Morgan fingerprint density at radius 3 is 2.52 bits per heavy atom. The molecule has 1 atom stereocenters. The third-order valence-electron chi connectivity index (χ3n) is 4.67. The average Bonchev–Trinajstić information content (AvgIpc) is 2.54. The van der Waals surface area contributed by atoms with Gasteiger partial charge >= 0.3 is 5.97 Å². The molecule has 126 valence electrons. The Bertz CT molecular complexity index is 554. The third kappa shape index (κ3) is 4.55. The zero-order valence-electron chi connectivity index (χ0n) is 14.2. The number of benzene rings is 1. The molecule has 1 saturated heterocycles. The molecule has 5 nitrogen and oxygen atoms in total. The van der Waals surface area contributed by atoms with Crippen LogP contribution in [0.4, 0.5) is 0 Å². The fourth-order valence-corrected chi connectivity index (χ4v) is 2.87. The first kappa shape index (κ1) is 17.5. The summed E-state index contributed by atoms with van der Waals surface area (Å²) in [5, 5.41) is 8.97. The summed E-state index contributed by atoms with van der Waals surface area (Å²) in [6.07, 6.45) is 2.03. The summed E-state index contributed by atoms with van der Waals surface area (Å²) in [4.78, 5) is 27.4. The molecule has 0 aliphatic carbocycles. The number of hydrogen-bond donors (Lipinski definition) is 1. The molecule has 1 amide bonds. The van der Waals surface area contributed by atoms with Crippen LogP contribution in [0.25, 0.3) is 0 Å². The largest absolute Gasteiger partial charge is 0.478 e. The van der Waals surface area contributed by atoms with Crippen LogP contribution in [0.3, 0.4) is 0 Å². The van der Waals surface area contributed by atoms with Crippen LogP contribution >= 0.6 is 0 Å². The summed E-state index contributed by atoms with van der Waals surface area (Å²) in [5.74, 6) is -0.443. The minimum Gasteiger partial charge on any atom is -0.478 e. The lowest BCUT2D eigenvalue weighted by Gasteiger charge is -2.34. The number of carbonyl (C=O) groups excluding carboxylic acids is 1. The summed E-state index contributed by atoms with van der Waals surface area (Å²) >= 11 is 0. The number of rotatable bonds is 5. The lowest BCUT2D eigenvalue weighted by Crippen LogP contribution is -2.45. The molecule has 0 aromatic heterocycles. The van der Waals surface area contributed by atoms with Crippen molar-refractivity contribution in [3.63, 3.8) is 0 Å². The van der Waals surface area contributed by atoms with Gasteiger partial charge in [-0.25, -0.2) is 4.79 Å². The first-order chi connectivity index (χ1) is 10.9. The Morgan fingerprint density at radius 1 is 1.30 bits per heavy atom. The lowest BCUT2D eigenvalue weighted by molar-refractivity contribution is -0.133. The topological polar surface area (TPSA) is 60.9 Å². The number of likely N-dealkylation sites (tertiary alicyclic amines) is 1. The summed E-state index contributed by atoms with van der Waals surface area (Å²) in [6, 6.07) is 7.39. The smallest absolute Gasteiger partial charge is 0.335 e. The SMILES string of the molecule is CC(C)N(C)CC(=O)N1CCC[C@H](c2ccc(C(=O)O)cc2)C1. The van der Waals surface area contributed by atoms with E-state index in [1.807, 2.05) is 29.0 Å². The van der Waals surface area contributed by atoms with Gasteiger partial charge in [0.1, 0.15) is 0 Å². The molecular weight excluding hydrogens is 292 g/mol. The Kier molecular flexibility index (Phi) is 5.77. The number of likely N-dealkylation sites (N-methyl/N-ethyl adjacent to an activating group) is 1. The van der Waals surface area contributed by atoms with Gasteiger partial charge in [-0.1, -0.05) is 12.1 Å². The van der Waals surface area contributed by atoms with Gasteiger partial charge in [0.2, 0.25) is 5.91 Å². The molecule has 1 heterocycles. The van der Waals surface area contributed by atoms with Gasteiger partial charge in [-0.3, -0.25) is 9.69 Å². The predicted octanol–water partition coefficient (Wildman–Crippen LogP) is 2.43. The van der Waals surface area contributed by atoms with Crippen LogP contribution in [0, 0.1) is 0 Å². The Labute approximate surface area is 137 Å². The molecule has 2 rings (SSSR count). The number of hydrogen-bond acceptors (Lipinski definition) is 3. The van der Waals surface area contributed by atoms with E-state index < -0.39 is 5.97 Å². The van der Waals surface area contributed by atoms with E-state index in [0.29, 0.717) is 24.1 Å². The van der Waals surface area contributed by atoms with E-state index in [-0.39, 0.29) is 5.91 Å². The molecule has 1 aromatic carbocycles. The van der Waals surface area contributed by atoms with E-state index in [1.54, 1.807) is 12.1 Å². The van der Waals surface area contributed by atoms with E-state index >= 15 is 0 Å². The van der Waals surface area contributed by atoms with Gasteiger partial charge in [0, 0.05) is 25.0 Å². The van der Waals surface area contributed by atoms with Crippen LogP contribution in [0.1, 0.15) is 48.5 Å². The Hall–Kier alpha value is -1.88. The fourth-order valence-electron chi connectivity index (χ4n) is 2.87. The molecule has 0 saturated carbocycles. The molecule has 0 radical (unpaired) electrons. The molecule has 1 aliphatic heterocycles. The first-order valence-electron chi connectivity index (χ1n) is 8.19. The van der Waals surface area contributed by atoms with Crippen molar-refractivity contribution in [1.29, 1.82) is 0 Å². The Morgan fingerprint density at radius 2 is 1.96 bits per heavy atom. The van der Waals surface area contributed by atoms with Crippen LogP contribution in [0.15, 0.2) is 24.3 Å². The van der Waals surface area contributed by atoms with Crippen molar-refractivity contribution in [1.82, 2.24) is 9.80 Å². The summed E-state index contributed by atoms with van der Waals surface area (Å²) in [5.41, 5.74) is 1.42. The number of piperidine rings is 1. The summed E-state index contributed by atoms with van der Waals surface area (Å²) in [7, 11) is 1.97. The van der Waals surface area contributed by atoms with Gasteiger partial charge in [-0.15, -0.1) is 0 Å². The zero-order chi connectivity index (χ0) is 17.0. The molecule has 0 unspecified atom stereocenters. The lowest BCUT2D eigenvalue weighted by atomic mass is 9.90. The van der Waals surface area contributed by atoms with Gasteiger partial charge in [0.05, 0.1) is 12.1 Å². The van der Waals surface area contributed by atoms with Crippen molar-refractivity contribution in [3.05, 3.63) is 35.4 Å². The molecule has 1 N–H and O–H groups in total. The van der Waals surface area contributed by atoms with Crippen molar-refractivity contribution in [2.24, 2.45) is 0 Å². The van der Waals surface area contributed by atoms with Crippen molar-refractivity contribution in [2.45, 2.75) is 38.6 Å². The molecule has 1 aromatic rings. The van der Waals surface area contributed by atoms with E-state index in [0.717, 1.165) is 31.5 Å². The maximum Gasteiger partial charge on any atom is 0.335 e. The van der Waals surface area contributed by atoms with Crippen molar-refractivity contribution >= 4 is 11.9 Å². The fraction of sp³-hybridized carbons (Fsp3) is 0.556. The number of carbonyl (C=O) groups is 2. The zero-order valence-corrected chi connectivity index (χ0v) is 14.2. The summed E-state index contributed by atoms with van der Waals surface area (Å²) in [6.45, 7) is 6.14. The molecule has 1 fully saturated rings. The maximum absolute atomic E-state index is 12.4. The summed E-state index contributed by atoms with van der Waals surface area (Å²) < 4.78 is 0. The monoisotopic (exact) mass is 318 g/mol. The maximum atomic E-state index is 12.4. The number of nitrogens with zero attached hydrogens (tertiary/aromatic N) is 2. The van der Waals surface area contributed by atoms with E-state index in [9.17, 15) is 9.59 Å².